The highest BCUT2D eigenvalue weighted by atomic mass is 35.5. The second-order valence-electron chi connectivity index (χ2n) is 7.03. The minimum absolute atomic E-state index is 0.0840. The van der Waals surface area contributed by atoms with Crippen molar-refractivity contribution >= 4 is 17.5 Å². The monoisotopic (exact) mass is 375 g/mol. The van der Waals surface area contributed by atoms with E-state index in [0.29, 0.717) is 5.92 Å². The van der Waals surface area contributed by atoms with Gasteiger partial charge in [-0.3, -0.25) is 4.79 Å². The van der Waals surface area contributed by atoms with Crippen LogP contribution in [0.3, 0.4) is 0 Å². The molecule has 6 nitrogen and oxygen atoms in total. The molecular formula is C19H26ClN5O. The molecule has 0 radical (unpaired) electrons. The largest absolute Gasteiger partial charge is 0.344 e. The maximum absolute atomic E-state index is 12.2. The number of carbonyl (C=O) groups is 1. The highest BCUT2D eigenvalue weighted by Crippen LogP contribution is 2.19. The van der Waals surface area contributed by atoms with E-state index in [0.717, 1.165) is 50.5 Å². The molecule has 1 amide bonds. The summed E-state index contributed by atoms with van der Waals surface area (Å²) in [5.74, 6) is 0.659. The van der Waals surface area contributed by atoms with Crippen LogP contribution in [0.1, 0.15) is 18.4 Å². The highest BCUT2D eigenvalue weighted by Gasteiger charge is 2.22. The molecule has 0 saturated carbocycles. The molecule has 0 atom stereocenters. The lowest BCUT2D eigenvalue weighted by atomic mass is 9.96. The Morgan fingerprint density at radius 3 is 2.65 bits per heavy atom. The van der Waals surface area contributed by atoms with Crippen LogP contribution in [0.4, 0.5) is 0 Å². The highest BCUT2D eigenvalue weighted by molar-refractivity contribution is 6.30. The van der Waals surface area contributed by atoms with E-state index in [9.17, 15) is 4.79 Å². The van der Waals surface area contributed by atoms with Gasteiger partial charge in [-0.2, -0.15) is 5.10 Å². The van der Waals surface area contributed by atoms with Gasteiger partial charge in [0.1, 0.15) is 19.2 Å². The number of benzene rings is 1. The van der Waals surface area contributed by atoms with E-state index < -0.39 is 0 Å². The summed E-state index contributed by atoms with van der Waals surface area (Å²) in [6.07, 6.45) is 6.36. The van der Waals surface area contributed by atoms with Crippen LogP contribution < -0.4 is 0 Å². The number of hydrogen-bond acceptors (Lipinski definition) is 4. The fourth-order valence-corrected chi connectivity index (χ4v) is 3.52. The van der Waals surface area contributed by atoms with Crippen molar-refractivity contribution in [2.75, 3.05) is 33.2 Å². The minimum Gasteiger partial charge on any atom is -0.344 e. The van der Waals surface area contributed by atoms with E-state index >= 15 is 0 Å². The van der Waals surface area contributed by atoms with Gasteiger partial charge in [-0.25, -0.2) is 9.67 Å². The van der Waals surface area contributed by atoms with Crippen LogP contribution in [0.2, 0.25) is 5.02 Å². The average Bonchev–Trinajstić information content (AvgIpc) is 3.15. The fraction of sp³-hybridized carbons (Fsp3) is 0.526. The Labute approximate surface area is 159 Å². The number of nitrogens with zero attached hydrogens (tertiary/aromatic N) is 5. The molecule has 1 aromatic heterocycles. The van der Waals surface area contributed by atoms with Gasteiger partial charge in [0.2, 0.25) is 5.91 Å². The molecule has 26 heavy (non-hydrogen) atoms. The van der Waals surface area contributed by atoms with E-state index in [1.54, 1.807) is 11.0 Å². The van der Waals surface area contributed by atoms with E-state index in [1.165, 1.54) is 11.9 Å². The first-order chi connectivity index (χ1) is 12.6. The second-order valence-corrected chi connectivity index (χ2v) is 7.47. The van der Waals surface area contributed by atoms with Gasteiger partial charge in [-0.1, -0.05) is 23.7 Å². The van der Waals surface area contributed by atoms with Crippen LogP contribution in [0.5, 0.6) is 0 Å². The number of likely N-dealkylation sites (N-methyl/N-ethyl adjacent to an activating group) is 1. The van der Waals surface area contributed by atoms with Crippen LogP contribution in [0.25, 0.3) is 0 Å². The smallest absolute Gasteiger partial charge is 0.244 e. The summed E-state index contributed by atoms with van der Waals surface area (Å²) in [5, 5.41) is 4.78. The van der Waals surface area contributed by atoms with Crippen molar-refractivity contribution in [3.63, 3.8) is 0 Å². The van der Waals surface area contributed by atoms with Gasteiger partial charge in [0, 0.05) is 25.2 Å². The molecule has 0 spiro atoms. The molecule has 0 bridgehead atoms. The van der Waals surface area contributed by atoms with Crippen molar-refractivity contribution in [1.29, 1.82) is 0 Å². The summed E-state index contributed by atoms with van der Waals surface area (Å²) in [4.78, 5) is 20.5. The number of aromatic nitrogens is 3. The van der Waals surface area contributed by atoms with Crippen LogP contribution in [-0.4, -0.2) is 63.7 Å². The zero-order valence-corrected chi connectivity index (χ0v) is 16.0. The summed E-state index contributed by atoms with van der Waals surface area (Å²) in [6.45, 7) is 4.36. The molecule has 1 aliphatic rings. The van der Waals surface area contributed by atoms with Crippen molar-refractivity contribution in [3.05, 3.63) is 47.5 Å². The van der Waals surface area contributed by atoms with Gasteiger partial charge in [0.15, 0.2) is 0 Å². The number of amides is 1. The molecule has 2 aromatic rings. The summed E-state index contributed by atoms with van der Waals surface area (Å²) >= 11 is 5.93. The van der Waals surface area contributed by atoms with Gasteiger partial charge < -0.3 is 9.80 Å². The molecule has 1 aromatic carbocycles. The molecule has 1 fully saturated rings. The Morgan fingerprint density at radius 1 is 1.27 bits per heavy atom. The summed E-state index contributed by atoms with van der Waals surface area (Å²) in [6, 6.07) is 8.11. The Bertz CT molecular complexity index is 680. The first-order valence-corrected chi connectivity index (χ1v) is 9.51. The number of carbonyl (C=O) groups excluding carboxylic acids is 1. The van der Waals surface area contributed by atoms with Crippen molar-refractivity contribution < 1.29 is 4.79 Å². The van der Waals surface area contributed by atoms with Crippen LogP contribution in [0.15, 0.2) is 36.9 Å². The predicted molar refractivity (Wildman–Crippen MR) is 102 cm³/mol. The molecule has 140 valence electrons. The Morgan fingerprint density at radius 2 is 2.00 bits per heavy atom. The van der Waals surface area contributed by atoms with E-state index in [4.69, 9.17) is 11.6 Å². The average molecular weight is 376 g/mol. The van der Waals surface area contributed by atoms with Gasteiger partial charge in [-0.15, -0.1) is 0 Å². The summed E-state index contributed by atoms with van der Waals surface area (Å²) in [5.41, 5.74) is 1.33. The first kappa shape index (κ1) is 18.9. The SMILES string of the molecule is CN(CC1CCN(CCc2ccc(Cl)cc2)CC1)C(=O)Cn1cncn1. The summed E-state index contributed by atoms with van der Waals surface area (Å²) < 4.78 is 1.57. The fourth-order valence-electron chi connectivity index (χ4n) is 3.39. The zero-order chi connectivity index (χ0) is 18.4. The molecule has 7 heteroatoms. The van der Waals surface area contributed by atoms with Gasteiger partial charge in [0.25, 0.3) is 0 Å². The number of rotatable bonds is 7. The number of halogens is 1. The third kappa shape index (κ3) is 5.54. The first-order valence-electron chi connectivity index (χ1n) is 9.13. The zero-order valence-electron chi connectivity index (χ0n) is 15.2. The number of likely N-dealkylation sites (tertiary alicyclic amines) is 1. The third-order valence-corrected chi connectivity index (χ3v) is 5.31. The number of hydrogen-bond donors (Lipinski definition) is 0. The van der Waals surface area contributed by atoms with Crippen molar-refractivity contribution in [3.8, 4) is 0 Å². The molecule has 1 saturated heterocycles. The molecule has 0 unspecified atom stereocenters. The van der Waals surface area contributed by atoms with E-state index in [-0.39, 0.29) is 12.5 Å². The standard InChI is InChI=1S/C19H26ClN5O/c1-23(19(26)13-25-15-21-14-22-25)12-17-7-10-24(11-8-17)9-6-16-2-4-18(20)5-3-16/h2-5,14-15,17H,6-13H2,1H3. The maximum Gasteiger partial charge on any atom is 0.244 e. The lowest BCUT2D eigenvalue weighted by Gasteiger charge is -2.34. The molecule has 3 rings (SSSR count). The van der Waals surface area contributed by atoms with Gasteiger partial charge >= 0.3 is 0 Å². The van der Waals surface area contributed by atoms with Gasteiger partial charge in [0.05, 0.1) is 0 Å². The third-order valence-electron chi connectivity index (χ3n) is 5.06. The van der Waals surface area contributed by atoms with E-state index in [1.807, 2.05) is 24.1 Å². The Hall–Kier alpha value is -1.92. The van der Waals surface area contributed by atoms with E-state index in [2.05, 4.69) is 27.1 Å². The van der Waals surface area contributed by atoms with Crippen LogP contribution in [-0.2, 0) is 17.8 Å². The molecule has 1 aliphatic heterocycles. The minimum atomic E-state index is 0.0840. The molecule has 0 aliphatic carbocycles. The molecule has 2 heterocycles. The maximum atomic E-state index is 12.2. The second kappa shape index (κ2) is 9.14. The Kier molecular flexibility index (Phi) is 6.63. The molecule has 0 N–H and O–H groups in total. The lowest BCUT2D eigenvalue weighted by molar-refractivity contribution is -0.131. The topological polar surface area (TPSA) is 54.3 Å². The summed E-state index contributed by atoms with van der Waals surface area (Å²) in [7, 11) is 1.88. The van der Waals surface area contributed by atoms with Crippen LogP contribution in [0, 0.1) is 5.92 Å². The predicted octanol–water partition coefficient (Wildman–Crippen LogP) is 2.34. The lowest BCUT2D eigenvalue weighted by Crippen LogP contribution is -2.40. The number of piperidine rings is 1. The van der Waals surface area contributed by atoms with Crippen molar-refractivity contribution in [1.82, 2.24) is 24.6 Å². The van der Waals surface area contributed by atoms with Crippen molar-refractivity contribution in [2.45, 2.75) is 25.8 Å². The normalized spacial score (nSPS) is 15.9. The van der Waals surface area contributed by atoms with Gasteiger partial charge in [-0.05, 0) is 56.0 Å². The quantitative estimate of drug-likeness (QED) is 0.745. The molecular weight excluding hydrogens is 350 g/mol. The van der Waals surface area contributed by atoms with Crippen molar-refractivity contribution in [2.24, 2.45) is 5.92 Å². The van der Waals surface area contributed by atoms with Crippen LogP contribution >= 0.6 is 11.6 Å². The Balaban J connectivity index is 1.36.